The Morgan fingerprint density at radius 1 is 0.722 bits per heavy atom. The molecule has 0 bridgehead atoms. The maximum absolute atomic E-state index is 11.8. The molecule has 0 aliphatic heterocycles. The number of aliphatic hydroxyl groups excluding tert-OH is 1. The van der Waals surface area contributed by atoms with Crippen molar-refractivity contribution in [3.05, 3.63) is 126 Å². The maximum Gasteiger partial charge on any atom is 0.306 e. The Kier molecular flexibility index (Phi) is 8.90. The second-order valence-corrected chi connectivity index (χ2v) is 9.09. The molecule has 184 valence electrons. The molecule has 2 N–H and O–H groups in total. The van der Waals surface area contributed by atoms with Gasteiger partial charge >= 0.3 is 5.97 Å². The summed E-state index contributed by atoms with van der Waals surface area (Å²) in [5.41, 5.74) is 5.13. The highest BCUT2D eigenvalue weighted by atomic mass is 16.5. The van der Waals surface area contributed by atoms with E-state index in [1.807, 2.05) is 97.1 Å². The van der Waals surface area contributed by atoms with Gasteiger partial charge in [0.25, 0.3) is 0 Å². The first-order valence-electron chi connectivity index (χ1n) is 12.4. The Morgan fingerprint density at radius 2 is 1.28 bits per heavy atom. The van der Waals surface area contributed by atoms with E-state index in [-0.39, 0.29) is 6.42 Å². The van der Waals surface area contributed by atoms with Crippen molar-refractivity contribution in [2.75, 3.05) is 0 Å². The minimum atomic E-state index is -0.853. The van der Waals surface area contributed by atoms with E-state index >= 15 is 0 Å². The molecule has 0 radical (unpaired) electrons. The quantitative estimate of drug-likeness (QED) is 0.227. The van der Waals surface area contributed by atoms with E-state index < -0.39 is 18.0 Å². The average Bonchev–Trinajstić information content (AvgIpc) is 2.93. The summed E-state index contributed by atoms with van der Waals surface area (Å²) in [6.45, 7) is 0.524. The highest BCUT2D eigenvalue weighted by Gasteiger charge is 2.22. The molecule has 0 amide bonds. The molecule has 0 aliphatic carbocycles. The summed E-state index contributed by atoms with van der Waals surface area (Å²) in [6, 6.07) is 35.7. The van der Waals surface area contributed by atoms with Crippen molar-refractivity contribution in [2.45, 2.75) is 38.4 Å². The molecule has 0 fully saturated rings. The molecule has 4 heteroatoms. The largest absolute Gasteiger partial charge is 0.489 e. The molecule has 36 heavy (non-hydrogen) atoms. The molecule has 0 spiro atoms. The second kappa shape index (κ2) is 12.7. The number of carboxylic acids is 1. The summed E-state index contributed by atoms with van der Waals surface area (Å²) in [5.74, 6) is -0.623. The Bertz CT molecular complexity index is 1200. The minimum Gasteiger partial charge on any atom is -0.489 e. The van der Waals surface area contributed by atoms with Crippen LogP contribution in [0.15, 0.2) is 109 Å². The first-order valence-corrected chi connectivity index (χ1v) is 12.4. The van der Waals surface area contributed by atoms with Crippen LogP contribution in [0, 0.1) is 5.92 Å². The van der Waals surface area contributed by atoms with E-state index in [0.717, 1.165) is 40.8 Å². The van der Waals surface area contributed by atoms with Gasteiger partial charge in [0.05, 0.1) is 12.0 Å². The third kappa shape index (κ3) is 7.30. The fourth-order valence-electron chi connectivity index (χ4n) is 4.33. The third-order valence-electron chi connectivity index (χ3n) is 6.45. The van der Waals surface area contributed by atoms with E-state index in [9.17, 15) is 15.0 Å². The minimum absolute atomic E-state index is 0.205. The summed E-state index contributed by atoms with van der Waals surface area (Å²) in [7, 11) is 0. The summed E-state index contributed by atoms with van der Waals surface area (Å²) >= 11 is 0. The SMILES string of the molecule is O=C(O)[C@@H](CCCc1ccccc1)C[C@@H](O)c1ccc(-c2ccc(OCc3ccccc3)cc2)cc1. The Labute approximate surface area is 212 Å². The number of benzene rings is 4. The average molecular weight is 481 g/mol. The molecule has 0 saturated carbocycles. The van der Waals surface area contributed by atoms with Crippen LogP contribution >= 0.6 is 0 Å². The Balaban J connectivity index is 1.30. The molecule has 4 nitrogen and oxygen atoms in total. The highest BCUT2D eigenvalue weighted by molar-refractivity contribution is 5.70. The zero-order valence-electron chi connectivity index (χ0n) is 20.3. The number of hydrogen-bond donors (Lipinski definition) is 2. The van der Waals surface area contributed by atoms with Gasteiger partial charge in [0.1, 0.15) is 12.4 Å². The Morgan fingerprint density at radius 3 is 1.86 bits per heavy atom. The fourth-order valence-corrected chi connectivity index (χ4v) is 4.33. The molecular formula is C32H32O4. The second-order valence-electron chi connectivity index (χ2n) is 9.09. The molecule has 4 aromatic carbocycles. The Hall–Kier alpha value is -3.89. The highest BCUT2D eigenvalue weighted by Crippen LogP contribution is 2.28. The maximum atomic E-state index is 11.8. The number of rotatable bonds is 12. The van der Waals surface area contributed by atoms with Crippen molar-refractivity contribution in [1.82, 2.24) is 0 Å². The lowest BCUT2D eigenvalue weighted by molar-refractivity contribution is -0.143. The smallest absolute Gasteiger partial charge is 0.306 e. The first-order chi connectivity index (χ1) is 17.6. The molecule has 4 rings (SSSR count). The van der Waals surface area contributed by atoms with Gasteiger partial charge in [-0.15, -0.1) is 0 Å². The van der Waals surface area contributed by atoms with Gasteiger partial charge < -0.3 is 14.9 Å². The van der Waals surface area contributed by atoms with Crippen LogP contribution in [-0.2, 0) is 17.8 Å². The van der Waals surface area contributed by atoms with Gasteiger partial charge in [-0.1, -0.05) is 97.1 Å². The van der Waals surface area contributed by atoms with Gasteiger partial charge in [-0.3, -0.25) is 4.79 Å². The van der Waals surface area contributed by atoms with Crippen LogP contribution in [-0.4, -0.2) is 16.2 Å². The van der Waals surface area contributed by atoms with E-state index in [4.69, 9.17) is 4.74 Å². The summed E-state index contributed by atoms with van der Waals surface area (Å²) in [6.07, 6.45) is 1.55. The number of hydrogen-bond acceptors (Lipinski definition) is 3. The monoisotopic (exact) mass is 480 g/mol. The molecule has 0 heterocycles. The van der Waals surface area contributed by atoms with Crippen molar-refractivity contribution < 1.29 is 19.7 Å². The van der Waals surface area contributed by atoms with Crippen LogP contribution in [0.25, 0.3) is 11.1 Å². The number of aryl methyl sites for hydroxylation is 1. The van der Waals surface area contributed by atoms with Crippen LogP contribution < -0.4 is 4.74 Å². The van der Waals surface area contributed by atoms with Crippen LogP contribution in [0.5, 0.6) is 5.75 Å². The lowest BCUT2D eigenvalue weighted by Gasteiger charge is -2.17. The number of aliphatic carboxylic acids is 1. The van der Waals surface area contributed by atoms with Crippen LogP contribution in [0.2, 0.25) is 0 Å². The molecule has 2 atom stereocenters. The lowest BCUT2D eigenvalue weighted by Crippen LogP contribution is -2.17. The molecule has 0 aromatic heterocycles. The molecule has 0 saturated heterocycles. The summed E-state index contributed by atoms with van der Waals surface area (Å²) < 4.78 is 5.86. The van der Waals surface area contributed by atoms with E-state index in [1.54, 1.807) is 0 Å². The van der Waals surface area contributed by atoms with E-state index in [0.29, 0.717) is 13.0 Å². The van der Waals surface area contributed by atoms with Crippen LogP contribution in [0.4, 0.5) is 0 Å². The normalized spacial score (nSPS) is 12.6. The zero-order chi connectivity index (χ0) is 25.2. The van der Waals surface area contributed by atoms with Crippen molar-refractivity contribution in [3.63, 3.8) is 0 Å². The topological polar surface area (TPSA) is 66.8 Å². The molecule has 0 unspecified atom stereocenters. The predicted octanol–water partition coefficient (Wildman–Crippen LogP) is 7.08. The summed E-state index contributed by atoms with van der Waals surface area (Å²) in [5, 5.41) is 20.4. The molecule has 4 aromatic rings. The lowest BCUT2D eigenvalue weighted by atomic mass is 9.91. The van der Waals surface area contributed by atoms with Gasteiger partial charge in [0.15, 0.2) is 0 Å². The fraction of sp³-hybridized carbons (Fsp3) is 0.219. The number of carbonyl (C=O) groups is 1. The van der Waals surface area contributed by atoms with Gasteiger partial charge in [-0.05, 0) is 65.6 Å². The van der Waals surface area contributed by atoms with Gasteiger partial charge in [-0.2, -0.15) is 0 Å². The van der Waals surface area contributed by atoms with Crippen molar-refractivity contribution in [3.8, 4) is 16.9 Å². The molecule has 0 aliphatic rings. The van der Waals surface area contributed by atoms with Gasteiger partial charge in [0, 0.05) is 0 Å². The number of carboxylic acid groups (broad SMARTS) is 1. The van der Waals surface area contributed by atoms with Crippen LogP contribution in [0.3, 0.4) is 0 Å². The van der Waals surface area contributed by atoms with Crippen molar-refractivity contribution >= 4 is 5.97 Å². The number of ether oxygens (including phenoxy) is 1. The van der Waals surface area contributed by atoms with Gasteiger partial charge in [0.2, 0.25) is 0 Å². The van der Waals surface area contributed by atoms with E-state index in [1.165, 1.54) is 5.56 Å². The van der Waals surface area contributed by atoms with Gasteiger partial charge in [-0.25, -0.2) is 0 Å². The van der Waals surface area contributed by atoms with Crippen LogP contribution in [0.1, 0.15) is 42.1 Å². The van der Waals surface area contributed by atoms with Crippen molar-refractivity contribution in [1.29, 1.82) is 0 Å². The first kappa shape index (κ1) is 25.2. The standard InChI is InChI=1S/C32H32O4/c33-31(22-29(32(34)35)13-7-12-24-8-3-1-4-9-24)28-16-14-26(15-17-28)27-18-20-30(21-19-27)36-23-25-10-5-2-6-11-25/h1-6,8-11,14-21,29,31,33H,7,12-13,22-23H2,(H,34,35)/t29-,31+/m0/s1. The van der Waals surface area contributed by atoms with Crippen molar-refractivity contribution in [2.24, 2.45) is 5.92 Å². The summed E-state index contributed by atoms with van der Waals surface area (Å²) in [4.78, 5) is 11.8. The molecular weight excluding hydrogens is 448 g/mol. The predicted molar refractivity (Wildman–Crippen MR) is 143 cm³/mol. The number of aliphatic hydroxyl groups is 1. The van der Waals surface area contributed by atoms with E-state index in [2.05, 4.69) is 12.1 Å². The zero-order valence-corrected chi connectivity index (χ0v) is 20.3. The third-order valence-corrected chi connectivity index (χ3v) is 6.45.